The van der Waals surface area contributed by atoms with Crippen molar-refractivity contribution in [2.45, 2.75) is 39.3 Å². The minimum Gasteiger partial charge on any atom is -0.383 e. The van der Waals surface area contributed by atoms with Crippen LogP contribution >= 0.6 is 11.6 Å². The number of pyridine rings is 1. The molecule has 1 heterocycles. The number of halogens is 1. The molecule has 1 aromatic heterocycles. The van der Waals surface area contributed by atoms with Gasteiger partial charge in [-0.1, -0.05) is 25.4 Å². The Morgan fingerprint density at radius 3 is 2.63 bits per heavy atom. The van der Waals surface area contributed by atoms with Gasteiger partial charge in [0.25, 0.3) is 0 Å². The molecule has 2 N–H and O–H groups in total. The van der Waals surface area contributed by atoms with Gasteiger partial charge in [0.15, 0.2) is 0 Å². The van der Waals surface area contributed by atoms with Crippen molar-refractivity contribution in [2.75, 3.05) is 25.2 Å². The number of ether oxygens (including phenoxy) is 1. The Hall–Kier alpha value is -0.840. The molecule has 108 valence electrons. The van der Waals surface area contributed by atoms with Crippen molar-refractivity contribution < 1.29 is 4.74 Å². The second kappa shape index (κ2) is 8.35. The van der Waals surface area contributed by atoms with Gasteiger partial charge in [0, 0.05) is 32.4 Å². The number of hydrogen-bond acceptors (Lipinski definition) is 4. The van der Waals surface area contributed by atoms with Crippen LogP contribution in [0.25, 0.3) is 0 Å². The maximum Gasteiger partial charge on any atom is 0.129 e. The summed E-state index contributed by atoms with van der Waals surface area (Å²) in [5.74, 6) is 0.926. The summed E-state index contributed by atoms with van der Waals surface area (Å²) in [4.78, 5) is 6.72. The molecule has 1 rings (SSSR count). The van der Waals surface area contributed by atoms with Gasteiger partial charge in [-0.2, -0.15) is 0 Å². The number of methoxy groups -OCH3 is 1. The molecule has 0 bridgehead atoms. The van der Waals surface area contributed by atoms with E-state index in [9.17, 15) is 0 Å². The zero-order chi connectivity index (χ0) is 14.3. The van der Waals surface area contributed by atoms with Crippen LogP contribution in [0.4, 0.5) is 5.82 Å². The van der Waals surface area contributed by atoms with Crippen molar-refractivity contribution in [3.63, 3.8) is 0 Å². The van der Waals surface area contributed by atoms with Gasteiger partial charge in [0.2, 0.25) is 0 Å². The second-order valence-electron chi connectivity index (χ2n) is 4.49. The summed E-state index contributed by atoms with van der Waals surface area (Å²) < 4.78 is 5.19. The van der Waals surface area contributed by atoms with Crippen LogP contribution in [-0.2, 0) is 11.3 Å². The quantitative estimate of drug-likeness (QED) is 0.798. The third-order valence-corrected chi connectivity index (χ3v) is 3.69. The van der Waals surface area contributed by atoms with Crippen LogP contribution in [-0.4, -0.2) is 31.3 Å². The van der Waals surface area contributed by atoms with Gasteiger partial charge in [0.1, 0.15) is 5.82 Å². The predicted octanol–water partition coefficient (Wildman–Crippen LogP) is 2.84. The number of aromatic nitrogens is 1. The fourth-order valence-corrected chi connectivity index (χ4v) is 2.37. The molecule has 0 aliphatic heterocycles. The summed E-state index contributed by atoms with van der Waals surface area (Å²) in [6, 6.07) is 2.44. The first-order valence-corrected chi connectivity index (χ1v) is 7.15. The Morgan fingerprint density at radius 2 is 2.11 bits per heavy atom. The maximum atomic E-state index is 6.07. The lowest BCUT2D eigenvalue weighted by Crippen LogP contribution is -2.37. The normalized spacial score (nSPS) is 11.1. The molecule has 5 heteroatoms. The molecule has 0 unspecified atom stereocenters. The summed E-state index contributed by atoms with van der Waals surface area (Å²) in [5.41, 5.74) is 6.64. The van der Waals surface area contributed by atoms with Crippen LogP contribution in [0.15, 0.2) is 12.3 Å². The summed E-state index contributed by atoms with van der Waals surface area (Å²) in [6.07, 6.45) is 3.83. The highest BCUT2D eigenvalue weighted by molar-refractivity contribution is 6.31. The van der Waals surface area contributed by atoms with Gasteiger partial charge < -0.3 is 15.4 Å². The van der Waals surface area contributed by atoms with E-state index in [-0.39, 0.29) is 0 Å². The van der Waals surface area contributed by atoms with E-state index in [1.807, 2.05) is 6.07 Å². The van der Waals surface area contributed by atoms with Crippen molar-refractivity contribution in [2.24, 2.45) is 5.73 Å². The van der Waals surface area contributed by atoms with Crippen molar-refractivity contribution in [1.82, 2.24) is 4.98 Å². The largest absolute Gasteiger partial charge is 0.383 e. The Morgan fingerprint density at radius 1 is 1.42 bits per heavy atom. The van der Waals surface area contributed by atoms with E-state index < -0.39 is 0 Å². The highest BCUT2D eigenvalue weighted by Gasteiger charge is 2.17. The zero-order valence-electron chi connectivity index (χ0n) is 12.0. The predicted molar refractivity (Wildman–Crippen MR) is 80.7 cm³/mol. The third-order valence-electron chi connectivity index (χ3n) is 3.35. The number of anilines is 1. The van der Waals surface area contributed by atoms with Crippen LogP contribution in [0.5, 0.6) is 0 Å². The van der Waals surface area contributed by atoms with E-state index in [0.717, 1.165) is 30.8 Å². The molecule has 0 aliphatic rings. The first-order valence-electron chi connectivity index (χ1n) is 6.77. The number of nitrogens with zero attached hydrogens (tertiary/aromatic N) is 2. The van der Waals surface area contributed by atoms with E-state index in [2.05, 4.69) is 23.7 Å². The lowest BCUT2D eigenvalue weighted by atomic mass is 10.1. The number of rotatable bonds is 8. The van der Waals surface area contributed by atoms with E-state index in [1.165, 1.54) is 0 Å². The molecule has 0 aromatic carbocycles. The highest BCUT2D eigenvalue weighted by atomic mass is 35.5. The van der Waals surface area contributed by atoms with Crippen LogP contribution in [0.3, 0.4) is 0 Å². The topological polar surface area (TPSA) is 51.4 Å². The summed E-state index contributed by atoms with van der Waals surface area (Å²) in [7, 11) is 1.71. The summed E-state index contributed by atoms with van der Waals surface area (Å²) in [5, 5.41) is 0.627. The van der Waals surface area contributed by atoms with Crippen molar-refractivity contribution >= 4 is 17.4 Å². The van der Waals surface area contributed by atoms with Crippen molar-refractivity contribution in [1.29, 1.82) is 0 Å². The van der Waals surface area contributed by atoms with Crippen LogP contribution in [0, 0.1) is 0 Å². The highest BCUT2D eigenvalue weighted by Crippen LogP contribution is 2.23. The summed E-state index contributed by atoms with van der Waals surface area (Å²) in [6.45, 7) is 6.30. The van der Waals surface area contributed by atoms with E-state index in [1.54, 1.807) is 13.3 Å². The first-order chi connectivity index (χ1) is 9.17. The van der Waals surface area contributed by atoms with Gasteiger partial charge in [-0.3, -0.25) is 0 Å². The molecule has 0 saturated heterocycles. The Labute approximate surface area is 120 Å². The van der Waals surface area contributed by atoms with Crippen LogP contribution in [0.2, 0.25) is 5.02 Å². The molecule has 19 heavy (non-hydrogen) atoms. The van der Waals surface area contributed by atoms with Gasteiger partial charge in [-0.25, -0.2) is 4.98 Å². The molecular weight excluding hydrogens is 262 g/mol. The Bertz CT molecular complexity index is 383. The minimum atomic E-state index is 0.426. The number of hydrogen-bond donors (Lipinski definition) is 1. The maximum absolute atomic E-state index is 6.07. The zero-order valence-corrected chi connectivity index (χ0v) is 12.8. The van der Waals surface area contributed by atoms with Crippen molar-refractivity contribution in [3.8, 4) is 0 Å². The van der Waals surface area contributed by atoms with Gasteiger partial charge in [-0.15, -0.1) is 0 Å². The molecule has 0 saturated carbocycles. The fraction of sp³-hybridized carbons (Fsp3) is 0.643. The molecule has 0 aliphatic carbocycles. The number of nitrogens with two attached hydrogens (primary N) is 1. The van der Waals surface area contributed by atoms with E-state index in [4.69, 9.17) is 22.1 Å². The standard InChI is InChI=1S/C14H24ClN3O/c1-4-12(5-2)18(6-7-19-3)14-8-11(9-16)13(15)10-17-14/h8,10,12H,4-7,9,16H2,1-3H3. The molecule has 0 spiro atoms. The minimum absolute atomic E-state index is 0.426. The average molecular weight is 286 g/mol. The molecule has 0 fully saturated rings. The smallest absolute Gasteiger partial charge is 0.129 e. The molecule has 4 nitrogen and oxygen atoms in total. The molecule has 0 atom stereocenters. The van der Waals surface area contributed by atoms with Gasteiger partial charge >= 0.3 is 0 Å². The monoisotopic (exact) mass is 285 g/mol. The van der Waals surface area contributed by atoms with Gasteiger partial charge in [0.05, 0.1) is 11.6 Å². The lowest BCUT2D eigenvalue weighted by molar-refractivity contribution is 0.202. The average Bonchev–Trinajstić information content (AvgIpc) is 2.44. The SMILES string of the molecule is CCC(CC)N(CCOC)c1cc(CN)c(Cl)cn1. The second-order valence-corrected chi connectivity index (χ2v) is 4.90. The fourth-order valence-electron chi connectivity index (χ4n) is 2.18. The van der Waals surface area contributed by atoms with E-state index >= 15 is 0 Å². The summed E-state index contributed by atoms with van der Waals surface area (Å²) >= 11 is 6.07. The van der Waals surface area contributed by atoms with Crippen LogP contribution < -0.4 is 10.6 Å². The third kappa shape index (κ3) is 4.34. The molecule has 1 aromatic rings. The van der Waals surface area contributed by atoms with Gasteiger partial charge in [-0.05, 0) is 24.5 Å². The van der Waals surface area contributed by atoms with Crippen molar-refractivity contribution in [3.05, 3.63) is 22.8 Å². The lowest BCUT2D eigenvalue weighted by Gasteiger charge is -2.31. The van der Waals surface area contributed by atoms with E-state index in [0.29, 0.717) is 24.2 Å². The molecule has 0 amide bonds. The Balaban J connectivity index is 3.01. The first kappa shape index (κ1) is 16.2. The molecule has 0 radical (unpaired) electrons. The Kier molecular flexibility index (Phi) is 7.13. The molecular formula is C14H24ClN3O. The van der Waals surface area contributed by atoms with Crippen LogP contribution in [0.1, 0.15) is 32.3 Å².